The van der Waals surface area contributed by atoms with Crippen molar-refractivity contribution in [1.29, 1.82) is 0 Å². The van der Waals surface area contributed by atoms with Crippen molar-refractivity contribution in [3.8, 4) is 17.2 Å². The minimum absolute atomic E-state index is 0.0290. The van der Waals surface area contributed by atoms with E-state index in [1.807, 2.05) is 42.6 Å². The maximum absolute atomic E-state index is 12.8. The van der Waals surface area contributed by atoms with Gasteiger partial charge in [0.2, 0.25) is 6.79 Å². The number of nitrogens with one attached hydrogen (secondary N) is 2. The molecule has 2 amide bonds. The van der Waals surface area contributed by atoms with Crippen molar-refractivity contribution < 1.29 is 23.8 Å². The van der Waals surface area contributed by atoms with Crippen LogP contribution in [0.25, 0.3) is 0 Å². The third kappa shape index (κ3) is 5.87. The van der Waals surface area contributed by atoms with Gasteiger partial charge >= 0.3 is 11.8 Å². The number of hydrogen-bond acceptors (Lipinski definition) is 8. The van der Waals surface area contributed by atoms with Gasteiger partial charge < -0.3 is 29.7 Å². The van der Waals surface area contributed by atoms with Crippen LogP contribution in [0.3, 0.4) is 0 Å². The number of rotatable bonds is 8. The van der Waals surface area contributed by atoms with Crippen molar-refractivity contribution in [1.82, 2.24) is 15.5 Å². The van der Waals surface area contributed by atoms with E-state index in [2.05, 4.69) is 38.6 Å². The summed E-state index contributed by atoms with van der Waals surface area (Å²) in [6, 6.07) is 17.4. The summed E-state index contributed by atoms with van der Waals surface area (Å²) in [5.74, 6) is 0.854. The van der Waals surface area contributed by atoms with Crippen LogP contribution in [-0.2, 0) is 16.1 Å². The molecule has 5 rings (SSSR count). The fraction of sp³-hybridized carbons (Fsp3) is 0.357. The SMILES string of the molecule is COc1ccc(N2CCN([C@@H](c3cccs3)[C@H](C)NC(=O)C(=O)NCc3ccc4c(c3)OCO4)CC2)cc1. The van der Waals surface area contributed by atoms with Gasteiger partial charge in [0.1, 0.15) is 5.75 Å². The molecule has 1 saturated heterocycles. The zero-order valence-corrected chi connectivity index (χ0v) is 22.3. The van der Waals surface area contributed by atoms with Crippen LogP contribution in [0.2, 0.25) is 0 Å². The first kappa shape index (κ1) is 25.9. The number of carbonyl (C=O) groups excluding carboxylic acids is 2. The van der Waals surface area contributed by atoms with Gasteiger partial charge in [0.05, 0.1) is 13.2 Å². The number of piperazine rings is 1. The van der Waals surface area contributed by atoms with Crippen LogP contribution in [-0.4, -0.2) is 62.8 Å². The fourth-order valence-electron chi connectivity index (χ4n) is 4.92. The lowest BCUT2D eigenvalue weighted by atomic mass is 10.0. The second-order valence-corrected chi connectivity index (χ2v) is 10.3. The average Bonchev–Trinajstić information content (AvgIpc) is 3.64. The van der Waals surface area contributed by atoms with E-state index < -0.39 is 11.8 Å². The molecule has 0 aliphatic carbocycles. The predicted octanol–water partition coefficient (Wildman–Crippen LogP) is 3.17. The number of benzene rings is 2. The number of amides is 2. The third-order valence-corrected chi connectivity index (χ3v) is 7.85. The first-order valence-electron chi connectivity index (χ1n) is 12.7. The molecule has 0 spiro atoms. The number of carbonyl (C=O) groups is 2. The quantitative estimate of drug-likeness (QED) is 0.428. The third-order valence-electron chi connectivity index (χ3n) is 6.91. The lowest BCUT2D eigenvalue weighted by molar-refractivity contribution is -0.140. The molecule has 0 unspecified atom stereocenters. The number of methoxy groups -OCH3 is 1. The molecule has 200 valence electrons. The molecule has 2 aliphatic heterocycles. The maximum atomic E-state index is 12.8. The molecule has 1 fully saturated rings. The first-order chi connectivity index (χ1) is 18.5. The Bertz CT molecular complexity index is 1240. The van der Waals surface area contributed by atoms with Gasteiger partial charge in [0.25, 0.3) is 0 Å². The van der Waals surface area contributed by atoms with Gasteiger partial charge in [-0.1, -0.05) is 12.1 Å². The number of ether oxygens (including phenoxy) is 3. The summed E-state index contributed by atoms with van der Waals surface area (Å²) in [7, 11) is 1.67. The van der Waals surface area contributed by atoms with E-state index >= 15 is 0 Å². The van der Waals surface area contributed by atoms with E-state index in [4.69, 9.17) is 14.2 Å². The van der Waals surface area contributed by atoms with Crippen molar-refractivity contribution in [2.75, 3.05) is 45.0 Å². The molecule has 2 aromatic carbocycles. The topological polar surface area (TPSA) is 92.4 Å². The number of anilines is 1. The van der Waals surface area contributed by atoms with Crippen LogP contribution >= 0.6 is 11.3 Å². The van der Waals surface area contributed by atoms with E-state index in [-0.39, 0.29) is 25.4 Å². The normalized spacial score (nSPS) is 16.5. The predicted molar refractivity (Wildman–Crippen MR) is 146 cm³/mol. The molecular weight excluding hydrogens is 504 g/mol. The summed E-state index contributed by atoms with van der Waals surface area (Å²) in [5, 5.41) is 7.69. The zero-order chi connectivity index (χ0) is 26.5. The highest BCUT2D eigenvalue weighted by Gasteiger charge is 2.32. The monoisotopic (exact) mass is 536 g/mol. The molecule has 2 aliphatic rings. The van der Waals surface area contributed by atoms with E-state index in [0.717, 1.165) is 42.4 Å². The summed E-state index contributed by atoms with van der Waals surface area (Å²) < 4.78 is 16.0. The van der Waals surface area contributed by atoms with E-state index in [1.54, 1.807) is 24.5 Å². The highest BCUT2D eigenvalue weighted by Crippen LogP contribution is 2.33. The van der Waals surface area contributed by atoms with Gasteiger partial charge in [0.15, 0.2) is 11.5 Å². The van der Waals surface area contributed by atoms with Crippen LogP contribution < -0.4 is 29.7 Å². The molecule has 10 heteroatoms. The Morgan fingerprint density at radius 3 is 2.47 bits per heavy atom. The molecule has 1 aromatic heterocycles. The van der Waals surface area contributed by atoms with Crippen LogP contribution in [0.1, 0.15) is 23.4 Å². The Kier molecular flexibility index (Phi) is 8.00. The van der Waals surface area contributed by atoms with Crippen molar-refractivity contribution in [3.63, 3.8) is 0 Å². The summed E-state index contributed by atoms with van der Waals surface area (Å²) >= 11 is 1.66. The molecule has 3 heterocycles. The second-order valence-electron chi connectivity index (χ2n) is 9.31. The highest BCUT2D eigenvalue weighted by molar-refractivity contribution is 7.10. The Labute approximate surface area is 226 Å². The van der Waals surface area contributed by atoms with Crippen molar-refractivity contribution in [3.05, 3.63) is 70.4 Å². The Balaban J connectivity index is 1.18. The molecule has 9 nitrogen and oxygen atoms in total. The molecule has 2 atom stereocenters. The summed E-state index contributed by atoms with van der Waals surface area (Å²) in [4.78, 5) is 31.3. The van der Waals surface area contributed by atoms with Gasteiger partial charge in [0, 0.05) is 49.3 Å². The summed E-state index contributed by atoms with van der Waals surface area (Å²) in [5.41, 5.74) is 1.99. The van der Waals surface area contributed by atoms with Crippen molar-refractivity contribution >= 4 is 28.8 Å². The standard InChI is InChI=1S/C28H32N4O5S/c1-19(30-28(34)27(33)29-17-20-5-10-23-24(16-20)37-18-36-23)26(25-4-3-15-38-25)32-13-11-31(12-14-32)21-6-8-22(35-2)9-7-21/h3-10,15-16,19,26H,11-14,17-18H2,1-2H3,(H,29,33)(H,30,34)/t19-,26+/m0/s1. The van der Waals surface area contributed by atoms with Gasteiger partial charge in [-0.3, -0.25) is 14.5 Å². The molecule has 38 heavy (non-hydrogen) atoms. The lowest BCUT2D eigenvalue weighted by Gasteiger charge is -2.42. The summed E-state index contributed by atoms with van der Waals surface area (Å²) in [6.07, 6.45) is 0. The highest BCUT2D eigenvalue weighted by atomic mass is 32.1. The number of nitrogens with zero attached hydrogens (tertiary/aromatic N) is 2. The zero-order valence-electron chi connectivity index (χ0n) is 21.5. The van der Waals surface area contributed by atoms with Crippen molar-refractivity contribution in [2.24, 2.45) is 0 Å². The molecule has 0 bridgehead atoms. The van der Waals surface area contributed by atoms with Crippen molar-refractivity contribution in [2.45, 2.75) is 25.6 Å². The second kappa shape index (κ2) is 11.7. The van der Waals surface area contributed by atoms with E-state index in [1.165, 1.54) is 5.69 Å². The molecular formula is C28H32N4O5S. The van der Waals surface area contributed by atoms with Crippen LogP contribution in [0, 0.1) is 0 Å². The van der Waals surface area contributed by atoms with Gasteiger partial charge in [-0.05, 0) is 60.3 Å². The molecule has 3 aromatic rings. The Morgan fingerprint density at radius 2 is 1.76 bits per heavy atom. The van der Waals surface area contributed by atoms with Gasteiger partial charge in [-0.15, -0.1) is 11.3 Å². The smallest absolute Gasteiger partial charge is 0.309 e. The number of hydrogen-bond donors (Lipinski definition) is 2. The van der Waals surface area contributed by atoms with Crippen LogP contribution in [0.15, 0.2) is 60.0 Å². The lowest BCUT2D eigenvalue weighted by Crippen LogP contribution is -2.53. The van der Waals surface area contributed by atoms with E-state index in [0.29, 0.717) is 11.5 Å². The number of fused-ring (bicyclic) bond motifs is 1. The van der Waals surface area contributed by atoms with Gasteiger partial charge in [-0.25, -0.2) is 0 Å². The molecule has 2 N–H and O–H groups in total. The average molecular weight is 537 g/mol. The Morgan fingerprint density at radius 1 is 1.00 bits per heavy atom. The molecule has 0 saturated carbocycles. The van der Waals surface area contributed by atoms with E-state index in [9.17, 15) is 9.59 Å². The van der Waals surface area contributed by atoms with Gasteiger partial charge in [-0.2, -0.15) is 0 Å². The minimum Gasteiger partial charge on any atom is -0.497 e. The maximum Gasteiger partial charge on any atom is 0.309 e. The van der Waals surface area contributed by atoms with Crippen LogP contribution in [0.5, 0.6) is 17.2 Å². The Hall–Kier alpha value is -3.76. The molecule has 0 radical (unpaired) electrons. The largest absolute Gasteiger partial charge is 0.497 e. The first-order valence-corrected chi connectivity index (χ1v) is 13.5. The fourth-order valence-corrected chi connectivity index (χ4v) is 5.88. The van der Waals surface area contributed by atoms with Crippen LogP contribution in [0.4, 0.5) is 5.69 Å². The summed E-state index contributed by atoms with van der Waals surface area (Å²) in [6.45, 7) is 5.78. The number of thiophene rings is 1. The minimum atomic E-state index is -0.663.